The molecule has 0 amide bonds. The summed E-state index contributed by atoms with van der Waals surface area (Å²) in [5.41, 5.74) is -0.0301. The van der Waals surface area contributed by atoms with Gasteiger partial charge in [-0.2, -0.15) is 0 Å². The number of hydrogen-bond acceptors (Lipinski definition) is 1. The van der Waals surface area contributed by atoms with Gasteiger partial charge in [0.15, 0.2) is 0 Å². The number of halogens is 1. The van der Waals surface area contributed by atoms with Crippen molar-refractivity contribution in [2.24, 2.45) is 0 Å². The third-order valence-corrected chi connectivity index (χ3v) is 0.917. The van der Waals surface area contributed by atoms with E-state index >= 15 is 0 Å². The van der Waals surface area contributed by atoms with Crippen molar-refractivity contribution in [2.45, 2.75) is 13.8 Å². The van der Waals surface area contributed by atoms with Crippen LogP contribution < -0.4 is 0 Å². The van der Waals surface area contributed by atoms with E-state index in [0.29, 0.717) is 0 Å². The van der Waals surface area contributed by atoms with E-state index in [1.165, 1.54) is 18.2 Å². The summed E-state index contributed by atoms with van der Waals surface area (Å²) in [5, 5.41) is 8.20. The van der Waals surface area contributed by atoms with Crippen LogP contribution in [0.15, 0.2) is 18.2 Å². The van der Waals surface area contributed by atoms with E-state index in [-0.39, 0.29) is 26.6 Å². The molecular formula is C9H9FNW-. The SMILES string of the molecule is CC.N#Cc1[c-]cccc1F.[W]. The maximum atomic E-state index is 12.3. The van der Waals surface area contributed by atoms with Crippen LogP contribution in [0.25, 0.3) is 0 Å². The molecule has 0 radical (unpaired) electrons. The molecule has 0 aromatic heterocycles. The Morgan fingerprint density at radius 1 is 1.50 bits per heavy atom. The molecule has 0 aliphatic carbocycles. The van der Waals surface area contributed by atoms with Gasteiger partial charge in [0.05, 0.1) is 0 Å². The molecule has 0 aliphatic heterocycles. The zero-order chi connectivity index (χ0) is 8.69. The first-order chi connectivity index (χ1) is 5.34. The van der Waals surface area contributed by atoms with Gasteiger partial charge >= 0.3 is 0 Å². The largest absolute Gasteiger partial charge is 0.265 e. The van der Waals surface area contributed by atoms with Crippen molar-refractivity contribution < 1.29 is 25.5 Å². The molecule has 1 rings (SSSR count). The van der Waals surface area contributed by atoms with Crippen molar-refractivity contribution >= 4 is 0 Å². The molecule has 0 N–H and O–H groups in total. The predicted octanol–water partition coefficient (Wildman–Crippen LogP) is 2.52. The van der Waals surface area contributed by atoms with Crippen molar-refractivity contribution in [1.29, 1.82) is 5.26 Å². The van der Waals surface area contributed by atoms with Crippen LogP contribution >= 0.6 is 0 Å². The normalized spacial score (nSPS) is 6.83. The molecule has 0 saturated carbocycles. The van der Waals surface area contributed by atoms with Crippen LogP contribution in [0.2, 0.25) is 0 Å². The zero-order valence-corrected chi connectivity index (χ0v) is 9.90. The Morgan fingerprint density at radius 2 is 2.08 bits per heavy atom. The van der Waals surface area contributed by atoms with E-state index in [4.69, 9.17) is 5.26 Å². The molecule has 0 heterocycles. The Balaban J connectivity index is 0. The van der Waals surface area contributed by atoms with Gasteiger partial charge in [0.2, 0.25) is 0 Å². The van der Waals surface area contributed by atoms with Crippen LogP contribution in [0.5, 0.6) is 0 Å². The number of hydrogen-bond donors (Lipinski definition) is 0. The molecule has 0 saturated heterocycles. The average Bonchev–Trinajstić information content (AvgIpc) is 2.09. The summed E-state index contributed by atoms with van der Waals surface area (Å²) in [7, 11) is 0. The van der Waals surface area contributed by atoms with E-state index in [1.807, 2.05) is 13.8 Å². The van der Waals surface area contributed by atoms with Gasteiger partial charge in [-0.05, 0) is 11.6 Å². The molecule has 64 valence electrons. The second kappa shape index (κ2) is 8.43. The Kier molecular flexibility index (Phi) is 9.75. The van der Waals surface area contributed by atoms with Crippen LogP contribution in [0, 0.1) is 23.2 Å². The molecule has 0 fully saturated rings. The molecule has 0 aliphatic rings. The van der Waals surface area contributed by atoms with Gasteiger partial charge < -0.3 is 0 Å². The molecule has 1 aromatic rings. The van der Waals surface area contributed by atoms with E-state index < -0.39 is 5.82 Å². The van der Waals surface area contributed by atoms with Crippen molar-refractivity contribution in [3.8, 4) is 6.07 Å². The zero-order valence-electron chi connectivity index (χ0n) is 6.97. The Morgan fingerprint density at radius 3 is 2.42 bits per heavy atom. The minimum atomic E-state index is -0.514. The van der Waals surface area contributed by atoms with Crippen molar-refractivity contribution in [2.75, 3.05) is 0 Å². The molecule has 1 nitrogen and oxygen atoms in total. The van der Waals surface area contributed by atoms with Crippen LogP contribution in [0.3, 0.4) is 0 Å². The number of rotatable bonds is 0. The van der Waals surface area contributed by atoms with E-state index in [9.17, 15) is 4.39 Å². The molecule has 3 heteroatoms. The maximum absolute atomic E-state index is 12.3. The fourth-order valence-corrected chi connectivity index (χ4v) is 0.502. The number of nitriles is 1. The average molecular weight is 334 g/mol. The smallest absolute Gasteiger partial charge is 0.0452 e. The van der Waals surface area contributed by atoms with Gasteiger partial charge in [-0.15, -0.1) is 24.3 Å². The predicted molar refractivity (Wildman–Crippen MR) is 41.3 cm³/mol. The molecule has 0 atom stereocenters. The summed E-state index contributed by atoms with van der Waals surface area (Å²) in [6, 6.07) is 8.34. The third kappa shape index (κ3) is 4.26. The van der Waals surface area contributed by atoms with Gasteiger partial charge in [-0.25, -0.2) is 0 Å². The van der Waals surface area contributed by atoms with Crippen LogP contribution in [0.4, 0.5) is 4.39 Å². The maximum Gasteiger partial charge on any atom is 0.0452 e. The second-order valence-corrected chi connectivity index (χ2v) is 1.50. The van der Waals surface area contributed by atoms with Gasteiger partial charge in [0, 0.05) is 26.9 Å². The van der Waals surface area contributed by atoms with Gasteiger partial charge in [0.1, 0.15) is 0 Å². The van der Waals surface area contributed by atoms with Crippen LogP contribution in [-0.4, -0.2) is 0 Å². The van der Waals surface area contributed by atoms with Gasteiger partial charge in [0.25, 0.3) is 0 Å². The topological polar surface area (TPSA) is 23.8 Å². The number of nitrogens with zero attached hydrogens (tertiary/aromatic N) is 1. The molecule has 0 bridgehead atoms. The van der Waals surface area contributed by atoms with Crippen molar-refractivity contribution in [1.82, 2.24) is 0 Å². The Bertz CT molecular complexity index is 255. The summed E-state index contributed by atoms with van der Waals surface area (Å²) < 4.78 is 12.3. The molecule has 1 aromatic carbocycles. The summed E-state index contributed by atoms with van der Waals surface area (Å²) in [6.45, 7) is 4.00. The Labute approximate surface area is 86.5 Å². The van der Waals surface area contributed by atoms with Crippen molar-refractivity contribution in [3.05, 3.63) is 35.6 Å². The van der Waals surface area contributed by atoms with E-state index in [1.54, 1.807) is 6.07 Å². The molecule has 0 spiro atoms. The Hall–Kier alpha value is -0.672. The summed E-state index contributed by atoms with van der Waals surface area (Å²) >= 11 is 0. The quantitative estimate of drug-likeness (QED) is 0.669. The van der Waals surface area contributed by atoms with E-state index in [2.05, 4.69) is 6.07 Å². The first kappa shape index (κ1) is 13.9. The molecular weight excluding hydrogens is 325 g/mol. The third-order valence-electron chi connectivity index (χ3n) is 0.917. The molecule has 0 unspecified atom stereocenters. The minimum Gasteiger partial charge on any atom is -0.265 e. The second-order valence-electron chi connectivity index (χ2n) is 1.50. The first-order valence-corrected chi connectivity index (χ1v) is 3.41. The standard InChI is InChI=1S/C7H3FN.C2H6.W/c8-7-4-2-1-3-6(7)5-9;1-2;/h1-2,4H;1-2H3;/q-1;;. The van der Waals surface area contributed by atoms with E-state index in [0.717, 1.165) is 0 Å². The number of benzene rings is 1. The monoisotopic (exact) mass is 334 g/mol. The van der Waals surface area contributed by atoms with Crippen LogP contribution in [0.1, 0.15) is 19.4 Å². The van der Waals surface area contributed by atoms with Crippen LogP contribution in [-0.2, 0) is 21.1 Å². The summed E-state index contributed by atoms with van der Waals surface area (Å²) in [6.07, 6.45) is 0. The first-order valence-electron chi connectivity index (χ1n) is 3.41. The molecule has 12 heavy (non-hydrogen) atoms. The minimum absolute atomic E-state index is 0. The van der Waals surface area contributed by atoms with Gasteiger partial charge in [-0.3, -0.25) is 9.65 Å². The fourth-order valence-electron chi connectivity index (χ4n) is 0.502. The summed E-state index contributed by atoms with van der Waals surface area (Å²) in [5.74, 6) is -0.514. The fraction of sp³-hybridized carbons (Fsp3) is 0.222. The van der Waals surface area contributed by atoms with Gasteiger partial charge in [-0.1, -0.05) is 13.8 Å². The van der Waals surface area contributed by atoms with Crippen molar-refractivity contribution in [3.63, 3.8) is 0 Å². The summed E-state index contributed by atoms with van der Waals surface area (Å²) in [4.78, 5) is 0.